The molecule has 4 rings (SSSR count). The van der Waals surface area contributed by atoms with Crippen LogP contribution in [0.15, 0.2) is 85.1 Å². The molecule has 418 valence electrons. The molecule has 2 amide bonds. The van der Waals surface area contributed by atoms with E-state index in [1.165, 1.54) is 13.0 Å². The number of nitrogens with one attached hydrogen (secondary N) is 1. The monoisotopic (exact) mass is 1050 g/mol. The fourth-order valence-electron chi connectivity index (χ4n) is 9.33. The number of aliphatic carboxylic acids is 1. The highest BCUT2D eigenvalue weighted by Gasteiger charge is 2.50. The van der Waals surface area contributed by atoms with E-state index < -0.39 is 165 Å². The summed E-state index contributed by atoms with van der Waals surface area (Å²) < 4.78 is 23.7. The number of carboxylic acids is 1. The number of β-amino-alcohol motifs (C(OH)–C–C–N with tert-alkyl or cyclic N) is 1. The molecule has 0 saturated carbocycles. The number of nitrogens with two attached hydrogens (primary N) is 1. The Hall–Kier alpha value is -4.21. The molecule has 0 radical (unpaired) electrons. The van der Waals surface area contributed by atoms with E-state index in [1.54, 1.807) is 86.8 Å². The molecule has 22 nitrogen and oxygen atoms in total. The summed E-state index contributed by atoms with van der Waals surface area (Å²) in [4.78, 5) is 39.3. The summed E-state index contributed by atoms with van der Waals surface area (Å²) in [5.74, 6) is -5.27. The molecule has 0 aromatic rings. The van der Waals surface area contributed by atoms with E-state index in [9.17, 15) is 75.7 Å². The van der Waals surface area contributed by atoms with Gasteiger partial charge in [-0.3, -0.25) is 4.79 Å². The van der Waals surface area contributed by atoms with Crippen LogP contribution in [0.25, 0.3) is 0 Å². The van der Waals surface area contributed by atoms with Gasteiger partial charge in [0, 0.05) is 50.5 Å². The van der Waals surface area contributed by atoms with Gasteiger partial charge in [-0.25, -0.2) is 9.59 Å². The lowest BCUT2D eigenvalue weighted by molar-refractivity contribution is -0.303. The van der Waals surface area contributed by atoms with Crippen molar-refractivity contribution in [3.63, 3.8) is 0 Å². The number of fused-ring (bicyclic) bond motifs is 2. The lowest BCUT2D eigenvalue weighted by atomic mass is 9.87. The van der Waals surface area contributed by atoms with Crippen LogP contribution in [-0.4, -0.2) is 206 Å². The van der Waals surface area contributed by atoms with Crippen LogP contribution < -0.4 is 11.1 Å². The number of likely N-dealkylation sites (tertiary alicyclic amines) is 1. The van der Waals surface area contributed by atoms with E-state index in [-0.39, 0.29) is 44.6 Å². The predicted octanol–water partition coefficient (Wildman–Crippen LogP) is -0.391. The number of carbonyl (C=O) groups excluding carboxylic acids is 2. The number of ether oxygens (including phenoxy) is 4. The predicted molar refractivity (Wildman–Crippen MR) is 267 cm³/mol. The zero-order chi connectivity index (χ0) is 54.9. The van der Waals surface area contributed by atoms with E-state index in [0.29, 0.717) is 0 Å². The third-order valence-corrected chi connectivity index (χ3v) is 13.9. The molecule has 4 heterocycles. The van der Waals surface area contributed by atoms with E-state index in [0.717, 1.165) is 4.90 Å². The first kappa shape index (κ1) is 62.3. The molecule has 0 aliphatic carbocycles. The minimum Gasteiger partial charge on any atom is -0.480 e. The van der Waals surface area contributed by atoms with Gasteiger partial charge in [0.15, 0.2) is 12.1 Å². The molecule has 0 spiro atoms. The van der Waals surface area contributed by atoms with Gasteiger partial charge in [0.2, 0.25) is 0 Å². The average molecular weight is 1050 g/mol. The van der Waals surface area contributed by atoms with Gasteiger partial charge in [-0.1, -0.05) is 98.9 Å². The van der Waals surface area contributed by atoms with Crippen LogP contribution in [0.3, 0.4) is 0 Å². The molecule has 22 heteroatoms. The highest BCUT2D eigenvalue weighted by atomic mass is 16.7. The van der Waals surface area contributed by atoms with Crippen LogP contribution in [0.4, 0.5) is 4.79 Å². The van der Waals surface area contributed by atoms with Crippen molar-refractivity contribution in [3.05, 3.63) is 85.1 Å². The summed E-state index contributed by atoms with van der Waals surface area (Å²) >= 11 is 0. The number of cyclic esters (lactones) is 1. The zero-order valence-corrected chi connectivity index (χ0v) is 42.4. The smallest absolute Gasteiger partial charge is 0.326 e. The number of carboxylic acid groups (broad SMARTS) is 1. The van der Waals surface area contributed by atoms with Gasteiger partial charge in [-0.2, -0.15) is 0 Å². The number of allylic oxidation sites excluding steroid dienone is 12. The molecule has 4 aliphatic heterocycles. The number of hydrogen-bond acceptors (Lipinski definition) is 19. The van der Waals surface area contributed by atoms with E-state index in [2.05, 4.69) is 5.32 Å². The lowest BCUT2D eigenvalue weighted by Gasteiger charge is -2.47. The second kappa shape index (κ2) is 29.9. The summed E-state index contributed by atoms with van der Waals surface area (Å²) in [5.41, 5.74) is 6.10. The number of hydrogen-bond donors (Lipinski definition) is 14. The van der Waals surface area contributed by atoms with Crippen molar-refractivity contribution in [2.45, 2.75) is 201 Å². The van der Waals surface area contributed by atoms with E-state index in [1.807, 2.05) is 13.0 Å². The Balaban J connectivity index is 1.63. The lowest BCUT2D eigenvalue weighted by Crippen LogP contribution is -2.64. The number of aliphatic hydroxyl groups excluding tert-OH is 10. The molecule has 15 N–H and O–H groups in total. The molecular weight excluding hydrogens is 971 g/mol. The number of urea groups is 1. The SMILES string of the molecule is C[C@@H]1[C@H](O)[C@@H](C)/C=C/C=C/C=C/C=C/C=C/C=C/C=C/[C@H](O[C@@H]2O[C@H](C)[C@@H](O)[C@H](N)[C@@H]2O)C[C@@H]2O[C@](O)(C[C@@H](O)C[C@@H](O)[C@H](O)CC[C@@H](O)C[C@@H](O)CC(=O)O[C@H]1C)C[C@H](O)[C@H]2NC(=O)N1C[C@@H](O)C[C@H]1C(=O)O. The Labute approximate surface area is 432 Å². The Morgan fingerprint density at radius 2 is 1.27 bits per heavy atom. The van der Waals surface area contributed by atoms with Gasteiger partial charge in [-0.15, -0.1) is 0 Å². The number of nitrogens with zero attached hydrogens (tertiary/aromatic N) is 1. The Kier molecular flexibility index (Phi) is 25.2. The normalized spacial score (nSPS) is 44.4. The molecular formula is C52H81N3O19. The quantitative estimate of drug-likeness (QED) is 0.159. The first-order valence-electron chi connectivity index (χ1n) is 25.3. The third-order valence-electron chi connectivity index (χ3n) is 13.9. The molecule has 0 aromatic heterocycles. The van der Waals surface area contributed by atoms with Crippen LogP contribution in [-0.2, 0) is 28.5 Å². The number of rotatable bonds is 4. The van der Waals surface area contributed by atoms with Crippen molar-refractivity contribution in [2.75, 3.05) is 6.54 Å². The van der Waals surface area contributed by atoms with Crippen LogP contribution in [0, 0.1) is 11.8 Å². The van der Waals surface area contributed by atoms with Crippen LogP contribution in [0.5, 0.6) is 0 Å². The average Bonchev–Trinajstić information content (AvgIpc) is 3.73. The van der Waals surface area contributed by atoms with Gasteiger partial charge >= 0.3 is 18.0 Å². The maximum absolute atomic E-state index is 13.7. The molecule has 0 unspecified atom stereocenters. The fraction of sp³-hybridized carbons (Fsp3) is 0.673. The largest absolute Gasteiger partial charge is 0.480 e. The van der Waals surface area contributed by atoms with E-state index >= 15 is 0 Å². The second-order valence-corrected chi connectivity index (χ2v) is 20.1. The molecule has 4 aliphatic rings. The topological polar surface area (TPSA) is 372 Å². The summed E-state index contributed by atoms with van der Waals surface area (Å²) in [6.07, 6.45) is 1.40. The van der Waals surface area contributed by atoms with Crippen molar-refractivity contribution < 1.29 is 94.6 Å². The van der Waals surface area contributed by atoms with Crippen LogP contribution in [0.2, 0.25) is 0 Å². The molecule has 2 bridgehead atoms. The Morgan fingerprint density at radius 1 is 0.676 bits per heavy atom. The summed E-state index contributed by atoms with van der Waals surface area (Å²) in [6.45, 7) is 6.37. The minimum atomic E-state index is -2.38. The highest BCUT2D eigenvalue weighted by Crippen LogP contribution is 2.36. The van der Waals surface area contributed by atoms with Gasteiger partial charge in [-0.05, 0) is 33.1 Å². The van der Waals surface area contributed by atoms with Crippen molar-refractivity contribution in [2.24, 2.45) is 17.6 Å². The Bertz CT molecular complexity index is 1980. The van der Waals surface area contributed by atoms with Gasteiger partial charge in [0.1, 0.15) is 18.2 Å². The number of amides is 2. The van der Waals surface area contributed by atoms with Crippen molar-refractivity contribution in [1.82, 2.24) is 10.2 Å². The molecule has 3 saturated heterocycles. The third kappa shape index (κ3) is 19.4. The molecule has 3 fully saturated rings. The van der Waals surface area contributed by atoms with E-state index in [4.69, 9.17) is 24.7 Å². The first-order valence-corrected chi connectivity index (χ1v) is 25.3. The molecule has 0 aromatic carbocycles. The fourth-order valence-corrected chi connectivity index (χ4v) is 9.33. The first-order chi connectivity index (χ1) is 34.9. The van der Waals surface area contributed by atoms with Gasteiger partial charge in [0.25, 0.3) is 0 Å². The van der Waals surface area contributed by atoms with Crippen molar-refractivity contribution in [3.8, 4) is 0 Å². The number of carbonyl (C=O) groups is 3. The van der Waals surface area contributed by atoms with Crippen LogP contribution in [0.1, 0.15) is 85.5 Å². The maximum Gasteiger partial charge on any atom is 0.326 e. The minimum absolute atomic E-state index is 0.135. The van der Waals surface area contributed by atoms with Gasteiger partial charge in [0.05, 0.1) is 91.8 Å². The number of aliphatic hydroxyl groups is 11. The summed E-state index contributed by atoms with van der Waals surface area (Å²) in [5, 5.41) is 133. The zero-order valence-electron chi connectivity index (χ0n) is 42.4. The van der Waals surface area contributed by atoms with Gasteiger partial charge < -0.3 is 96.2 Å². The Morgan fingerprint density at radius 3 is 1.88 bits per heavy atom. The van der Waals surface area contributed by atoms with Crippen molar-refractivity contribution >= 4 is 18.0 Å². The maximum atomic E-state index is 13.7. The summed E-state index contributed by atoms with van der Waals surface area (Å²) in [6, 6.07) is -4.99. The van der Waals surface area contributed by atoms with Crippen molar-refractivity contribution in [1.29, 1.82) is 0 Å². The molecule has 74 heavy (non-hydrogen) atoms. The second-order valence-electron chi connectivity index (χ2n) is 20.1. The highest BCUT2D eigenvalue weighted by molar-refractivity contribution is 5.83. The number of esters is 1. The molecule has 21 atom stereocenters. The summed E-state index contributed by atoms with van der Waals surface area (Å²) in [7, 11) is 0. The standard InChI is InChI=1S/C52H81N3O19/c1-29-17-15-13-11-9-7-5-6-8-10-12-14-16-18-37(73-50-48(66)44(53)47(65)32(4)72-50)25-42-45(54-51(69)55-28-36(59)22-38(55)49(67)68)41(62)27-52(70,74-42)26-35(58)23-40(61)39(60)20-19-33(56)21-34(57)24-43(63)71-31(3)30(2)46(29)64/h5-18,29-42,44-48,50,56-62,64-66,70H,19-28,53H2,1-4H3,(H,54,69)(H,67,68)/b6-5+,9-7+,10-8+,13-11+,14-12+,17-15+,18-16+/t29-,30-,31-,32+,33+,34+,35-,36-,37-,38-,39+,40+,41-,42-,44-,45+,46+,47+,48-,50-,52+/m0/s1. The van der Waals surface area contributed by atoms with Crippen LogP contribution >= 0.6 is 0 Å².